The normalized spacial score (nSPS) is 14.1. The van der Waals surface area contributed by atoms with E-state index in [1.807, 2.05) is 0 Å². The number of amides is 1. The lowest BCUT2D eigenvalue weighted by molar-refractivity contribution is -0.119. The molecule has 0 spiro atoms. The number of aliphatic hydroxyl groups excluding tert-OH is 2. The van der Waals surface area contributed by atoms with Crippen LogP contribution in [0.3, 0.4) is 0 Å². The highest BCUT2D eigenvalue weighted by atomic mass is 16.3. The quantitative estimate of drug-likeness (QED) is 0.566. The number of rotatable bonds is 5. The van der Waals surface area contributed by atoms with E-state index in [0.717, 1.165) is 0 Å². The highest BCUT2D eigenvalue weighted by Crippen LogP contribution is 2.18. The Morgan fingerprint density at radius 3 is 2.71 bits per heavy atom. The maximum atomic E-state index is 10.6. The fraction of sp³-hybridized carbons (Fsp3) is 0.455. The van der Waals surface area contributed by atoms with Crippen molar-refractivity contribution in [2.24, 2.45) is 0 Å². The van der Waals surface area contributed by atoms with Gasteiger partial charge in [-0.1, -0.05) is 0 Å². The smallest absolute Gasteiger partial charge is 0.216 e. The third-order valence-corrected chi connectivity index (χ3v) is 2.25. The van der Waals surface area contributed by atoms with E-state index in [1.54, 1.807) is 0 Å². The van der Waals surface area contributed by atoms with Crippen LogP contribution in [-0.2, 0) is 4.79 Å². The molecule has 1 rings (SSSR count). The van der Waals surface area contributed by atoms with Crippen molar-refractivity contribution in [3.8, 4) is 5.75 Å². The summed E-state index contributed by atoms with van der Waals surface area (Å²) in [6.45, 7) is 1.66. The first-order valence-corrected chi connectivity index (χ1v) is 5.26. The number of nitrogens with zero attached hydrogens (tertiary/aromatic N) is 1. The zero-order valence-electron chi connectivity index (χ0n) is 9.50. The molecule has 0 fully saturated rings. The van der Waals surface area contributed by atoms with Crippen LogP contribution in [0.25, 0.3) is 0 Å². The van der Waals surface area contributed by atoms with Gasteiger partial charge in [-0.2, -0.15) is 0 Å². The van der Waals surface area contributed by atoms with Crippen LogP contribution >= 0.6 is 0 Å². The molecule has 1 amide bonds. The molecule has 17 heavy (non-hydrogen) atoms. The van der Waals surface area contributed by atoms with Gasteiger partial charge in [0.2, 0.25) is 5.91 Å². The highest BCUT2D eigenvalue weighted by Gasteiger charge is 2.19. The summed E-state index contributed by atoms with van der Waals surface area (Å²) in [6.07, 6.45) is -0.731. The van der Waals surface area contributed by atoms with E-state index >= 15 is 0 Å². The maximum Gasteiger partial charge on any atom is 0.216 e. The van der Waals surface area contributed by atoms with Crippen molar-refractivity contribution in [1.29, 1.82) is 0 Å². The second-order valence-corrected chi connectivity index (χ2v) is 3.73. The lowest BCUT2D eigenvalue weighted by atomic mass is 10.1. The number of nitrogens with one attached hydrogen (secondary N) is 1. The summed E-state index contributed by atoms with van der Waals surface area (Å²) in [5, 5.41) is 30.9. The van der Waals surface area contributed by atoms with E-state index in [4.69, 9.17) is 5.11 Å². The Kier molecular flexibility index (Phi) is 4.86. The van der Waals surface area contributed by atoms with Gasteiger partial charge in [-0.05, 0) is 18.6 Å². The third kappa shape index (κ3) is 4.38. The molecule has 0 saturated heterocycles. The molecule has 0 aromatic carbocycles. The van der Waals surface area contributed by atoms with Crippen LogP contribution in [0.4, 0.5) is 0 Å². The molecule has 2 unspecified atom stereocenters. The standard InChI is InChI=1S/C11H16N2O4/c1-7(14)12-5-4-10(16)11(17)9-3-2-8(15)6-13-9/h2-3,6,10-11,15-17H,4-5H2,1H3,(H,12,14). The van der Waals surface area contributed by atoms with E-state index in [-0.39, 0.29) is 30.3 Å². The van der Waals surface area contributed by atoms with Crippen molar-refractivity contribution in [2.75, 3.05) is 6.54 Å². The van der Waals surface area contributed by atoms with E-state index < -0.39 is 12.2 Å². The fourth-order valence-electron chi connectivity index (χ4n) is 1.32. The Morgan fingerprint density at radius 1 is 1.47 bits per heavy atom. The van der Waals surface area contributed by atoms with Crippen LogP contribution in [0.15, 0.2) is 18.3 Å². The molecule has 0 saturated carbocycles. The van der Waals surface area contributed by atoms with Crippen LogP contribution in [0, 0.1) is 0 Å². The van der Waals surface area contributed by atoms with Gasteiger partial charge in [-0.3, -0.25) is 9.78 Å². The summed E-state index contributed by atoms with van der Waals surface area (Å²) in [7, 11) is 0. The largest absolute Gasteiger partial charge is 0.506 e. The van der Waals surface area contributed by atoms with Crippen molar-refractivity contribution >= 4 is 5.91 Å². The summed E-state index contributed by atoms with van der Waals surface area (Å²) >= 11 is 0. The zero-order chi connectivity index (χ0) is 12.8. The van der Waals surface area contributed by atoms with Gasteiger partial charge >= 0.3 is 0 Å². The van der Waals surface area contributed by atoms with Gasteiger partial charge < -0.3 is 20.6 Å². The second-order valence-electron chi connectivity index (χ2n) is 3.73. The topological polar surface area (TPSA) is 103 Å². The number of hydrogen-bond acceptors (Lipinski definition) is 5. The minimum Gasteiger partial charge on any atom is -0.506 e. The maximum absolute atomic E-state index is 10.6. The Labute approximate surface area is 98.9 Å². The molecule has 0 bridgehead atoms. The van der Waals surface area contributed by atoms with Gasteiger partial charge in [-0.15, -0.1) is 0 Å². The van der Waals surface area contributed by atoms with Crippen LogP contribution in [0.1, 0.15) is 25.1 Å². The molecular weight excluding hydrogens is 224 g/mol. The Bertz CT molecular complexity index is 366. The average Bonchev–Trinajstić information content (AvgIpc) is 2.28. The van der Waals surface area contributed by atoms with Crippen molar-refractivity contribution < 1.29 is 20.1 Å². The molecule has 2 atom stereocenters. The van der Waals surface area contributed by atoms with Crippen molar-refractivity contribution in [2.45, 2.75) is 25.6 Å². The molecule has 0 aliphatic rings. The van der Waals surface area contributed by atoms with Gasteiger partial charge in [0, 0.05) is 13.5 Å². The second kappa shape index (κ2) is 6.17. The predicted octanol–water partition coefficient (Wildman–Crippen LogP) is -0.292. The number of pyridine rings is 1. The first-order chi connectivity index (χ1) is 8.00. The molecule has 1 aromatic heterocycles. The molecule has 4 N–H and O–H groups in total. The van der Waals surface area contributed by atoms with Crippen LogP contribution in [0.2, 0.25) is 0 Å². The Balaban J connectivity index is 2.48. The summed E-state index contributed by atoms with van der Waals surface area (Å²) in [6, 6.07) is 2.81. The number of carbonyl (C=O) groups excluding carboxylic acids is 1. The van der Waals surface area contributed by atoms with Gasteiger partial charge in [0.15, 0.2) is 0 Å². The molecule has 1 aromatic rings. The molecular formula is C11H16N2O4. The minimum absolute atomic E-state index is 0.00585. The predicted molar refractivity (Wildman–Crippen MR) is 60.2 cm³/mol. The lowest BCUT2D eigenvalue weighted by Crippen LogP contribution is -2.27. The molecule has 94 valence electrons. The monoisotopic (exact) mass is 240 g/mol. The van der Waals surface area contributed by atoms with E-state index in [2.05, 4.69) is 10.3 Å². The number of aromatic hydroxyl groups is 1. The van der Waals surface area contributed by atoms with Crippen molar-refractivity contribution in [3.63, 3.8) is 0 Å². The first-order valence-electron chi connectivity index (χ1n) is 5.26. The van der Waals surface area contributed by atoms with Gasteiger partial charge in [0.05, 0.1) is 18.0 Å². The van der Waals surface area contributed by atoms with E-state index in [1.165, 1.54) is 25.3 Å². The molecule has 0 radical (unpaired) electrons. The number of aliphatic hydroxyl groups is 2. The van der Waals surface area contributed by atoms with Crippen molar-refractivity contribution in [3.05, 3.63) is 24.0 Å². The number of hydrogen-bond donors (Lipinski definition) is 4. The third-order valence-electron chi connectivity index (χ3n) is 2.25. The summed E-state index contributed by atoms with van der Waals surface area (Å²) in [5.41, 5.74) is 0.276. The molecule has 0 aliphatic heterocycles. The van der Waals surface area contributed by atoms with Crippen LogP contribution in [0.5, 0.6) is 5.75 Å². The van der Waals surface area contributed by atoms with Crippen LogP contribution < -0.4 is 5.32 Å². The fourth-order valence-corrected chi connectivity index (χ4v) is 1.32. The minimum atomic E-state index is -1.13. The number of carbonyl (C=O) groups is 1. The summed E-state index contributed by atoms with van der Waals surface area (Å²) in [5.74, 6) is -0.192. The van der Waals surface area contributed by atoms with Crippen molar-refractivity contribution in [1.82, 2.24) is 10.3 Å². The Hall–Kier alpha value is -1.66. The zero-order valence-corrected chi connectivity index (χ0v) is 9.50. The Morgan fingerprint density at radius 2 is 2.18 bits per heavy atom. The van der Waals surface area contributed by atoms with Crippen LogP contribution in [-0.4, -0.2) is 38.9 Å². The van der Waals surface area contributed by atoms with Gasteiger partial charge in [-0.25, -0.2) is 0 Å². The molecule has 6 heteroatoms. The van der Waals surface area contributed by atoms with Gasteiger partial charge in [0.25, 0.3) is 0 Å². The average molecular weight is 240 g/mol. The van der Waals surface area contributed by atoms with Gasteiger partial charge in [0.1, 0.15) is 11.9 Å². The number of aromatic nitrogens is 1. The first kappa shape index (κ1) is 13.4. The van der Waals surface area contributed by atoms with E-state index in [0.29, 0.717) is 0 Å². The highest BCUT2D eigenvalue weighted by molar-refractivity contribution is 5.72. The summed E-state index contributed by atoms with van der Waals surface area (Å²) in [4.78, 5) is 14.4. The molecule has 0 aliphatic carbocycles. The summed E-state index contributed by atoms with van der Waals surface area (Å²) < 4.78 is 0. The molecule has 1 heterocycles. The van der Waals surface area contributed by atoms with E-state index in [9.17, 15) is 15.0 Å². The lowest BCUT2D eigenvalue weighted by Gasteiger charge is -2.17. The molecule has 6 nitrogen and oxygen atoms in total. The SMILES string of the molecule is CC(=O)NCCC(O)C(O)c1ccc(O)cn1.